The van der Waals surface area contributed by atoms with Gasteiger partial charge in [-0.05, 0) is 31.0 Å². The van der Waals surface area contributed by atoms with E-state index in [0.717, 1.165) is 29.9 Å². The molecule has 1 aliphatic heterocycles. The molecule has 3 N–H and O–H groups in total. The molecule has 0 fully saturated rings. The Hall–Kier alpha value is -1.26. The smallest absolute Gasteiger partial charge is 0.240 e. The first-order chi connectivity index (χ1) is 8.13. The van der Waals surface area contributed by atoms with Crippen molar-refractivity contribution in [3.05, 3.63) is 22.7 Å². The summed E-state index contributed by atoms with van der Waals surface area (Å²) in [5.41, 5.74) is 8.18. The van der Waals surface area contributed by atoms with Crippen LogP contribution in [0.1, 0.15) is 12.0 Å². The molecule has 0 unspecified atom stereocenters. The summed E-state index contributed by atoms with van der Waals surface area (Å²) in [5.74, 6) is -0.0966. The van der Waals surface area contributed by atoms with Crippen LogP contribution in [0.25, 0.3) is 0 Å². The summed E-state index contributed by atoms with van der Waals surface area (Å²) in [4.78, 5) is 13.5. The zero-order valence-electron chi connectivity index (χ0n) is 9.79. The third-order valence-corrected chi connectivity index (χ3v) is 3.12. The fraction of sp³-hybridized carbons (Fsp3) is 0.417. The quantitative estimate of drug-likeness (QED) is 0.802. The fourth-order valence-electron chi connectivity index (χ4n) is 2.08. The van der Waals surface area contributed by atoms with Gasteiger partial charge in [-0.15, -0.1) is 0 Å². The molecule has 1 amide bonds. The van der Waals surface area contributed by atoms with Crippen LogP contribution in [0, 0.1) is 6.92 Å². The van der Waals surface area contributed by atoms with E-state index in [2.05, 4.69) is 5.32 Å². The monoisotopic (exact) mass is 253 g/mol. The van der Waals surface area contributed by atoms with E-state index in [9.17, 15) is 4.79 Å². The highest BCUT2D eigenvalue weighted by molar-refractivity contribution is 6.34. The van der Waals surface area contributed by atoms with Gasteiger partial charge in [-0.3, -0.25) is 4.79 Å². The van der Waals surface area contributed by atoms with Gasteiger partial charge < -0.3 is 16.0 Å². The number of hydrogen-bond acceptors (Lipinski definition) is 3. The maximum absolute atomic E-state index is 11.8. The van der Waals surface area contributed by atoms with Gasteiger partial charge in [0.1, 0.15) is 0 Å². The second-order valence-corrected chi connectivity index (χ2v) is 4.58. The summed E-state index contributed by atoms with van der Waals surface area (Å²) >= 11 is 6.24. The van der Waals surface area contributed by atoms with Crippen LogP contribution in [0.5, 0.6) is 0 Å². The van der Waals surface area contributed by atoms with Crippen LogP contribution in [0.2, 0.25) is 5.02 Å². The number of nitrogens with two attached hydrogens (primary N) is 1. The molecule has 17 heavy (non-hydrogen) atoms. The molecule has 2 rings (SSSR count). The zero-order valence-corrected chi connectivity index (χ0v) is 10.5. The van der Waals surface area contributed by atoms with Crippen LogP contribution in [-0.2, 0) is 4.79 Å². The van der Waals surface area contributed by atoms with E-state index in [0.29, 0.717) is 11.6 Å². The van der Waals surface area contributed by atoms with E-state index in [1.807, 2.05) is 19.1 Å². The third kappa shape index (κ3) is 2.37. The van der Waals surface area contributed by atoms with Crippen molar-refractivity contribution in [3.63, 3.8) is 0 Å². The van der Waals surface area contributed by atoms with Crippen LogP contribution in [0.15, 0.2) is 12.1 Å². The summed E-state index contributed by atoms with van der Waals surface area (Å²) < 4.78 is 0. The molecule has 0 spiro atoms. The van der Waals surface area contributed by atoms with Gasteiger partial charge in [-0.1, -0.05) is 11.6 Å². The average molecular weight is 254 g/mol. The van der Waals surface area contributed by atoms with E-state index >= 15 is 0 Å². The van der Waals surface area contributed by atoms with Crippen LogP contribution >= 0.6 is 11.6 Å². The second kappa shape index (κ2) is 4.94. The minimum atomic E-state index is -0.0966. The molecule has 1 heterocycles. The van der Waals surface area contributed by atoms with Gasteiger partial charge in [0.25, 0.3) is 0 Å². The second-order valence-electron chi connectivity index (χ2n) is 4.17. The maximum atomic E-state index is 11.8. The highest BCUT2D eigenvalue weighted by Gasteiger charge is 2.22. The predicted molar refractivity (Wildman–Crippen MR) is 70.7 cm³/mol. The van der Waals surface area contributed by atoms with Crippen molar-refractivity contribution in [2.24, 2.45) is 5.73 Å². The summed E-state index contributed by atoms with van der Waals surface area (Å²) in [6.07, 6.45) is 0.885. The molecule has 1 aliphatic rings. The van der Waals surface area contributed by atoms with E-state index in [4.69, 9.17) is 17.3 Å². The van der Waals surface area contributed by atoms with Gasteiger partial charge in [0.2, 0.25) is 5.91 Å². The van der Waals surface area contributed by atoms with Crippen molar-refractivity contribution in [3.8, 4) is 0 Å². The third-order valence-electron chi connectivity index (χ3n) is 2.83. The minimum absolute atomic E-state index is 0.00362. The Kier molecular flexibility index (Phi) is 3.54. The summed E-state index contributed by atoms with van der Waals surface area (Å²) in [6.45, 7) is 3.47. The molecular formula is C12H16ClN3O. The Morgan fingerprint density at radius 1 is 1.59 bits per heavy atom. The Balaban J connectivity index is 2.51. The lowest BCUT2D eigenvalue weighted by molar-refractivity contribution is -0.117. The number of amides is 1. The van der Waals surface area contributed by atoms with Crippen LogP contribution in [0.3, 0.4) is 0 Å². The molecule has 0 saturated carbocycles. The molecule has 0 aliphatic carbocycles. The SMILES string of the molecule is Cc1cc(Cl)c2c(c1)NCCCN2C(=O)CN. The van der Waals surface area contributed by atoms with E-state index < -0.39 is 0 Å². The fourth-order valence-corrected chi connectivity index (χ4v) is 2.45. The molecule has 1 aromatic rings. The number of nitrogens with zero attached hydrogens (tertiary/aromatic N) is 1. The van der Waals surface area contributed by atoms with E-state index in [-0.39, 0.29) is 12.5 Å². The van der Waals surface area contributed by atoms with Crippen LogP contribution in [0.4, 0.5) is 11.4 Å². The van der Waals surface area contributed by atoms with Crippen molar-refractivity contribution in [1.82, 2.24) is 0 Å². The Morgan fingerprint density at radius 2 is 2.35 bits per heavy atom. The van der Waals surface area contributed by atoms with E-state index in [1.165, 1.54) is 0 Å². The van der Waals surface area contributed by atoms with Crippen molar-refractivity contribution in [1.29, 1.82) is 0 Å². The summed E-state index contributed by atoms with van der Waals surface area (Å²) in [6, 6.07) is 3.87. The molecule has 0 atom stereocenters. The molecule has 0 radical (unpaired) electrons. The van der Waals surface area contributed by atoms with Gasteiger partial charge in [-0.25, -0.2) is 0 Å². The summed E-state index contributed by atoms with van der Waals surface area (Å²) in [5, 5.41) is 3.89. The van der Waals surface area contributed by atoms with Crippen molar-refractivity contribution >= 4 is 28.9 Å². The molecule has 5 heteroatoms. The average Bonchev–Trinajstić information content (AvgIpc) is 2.50. The molecule has 1 aromatic carbocycles. The topological polar surface area (TPSA) is 58.4 Å². The molecule has 0 bridgehead atoms. The highest BCUT2D eigenvalue weighted by atomic mass is 35.5. The number of nitrogens with one attached hydrogen (secondary N) is 1. The normalized spacial score (nSPS) is 14.9. The first-order valence-corrected chi connectivity index (χ1v) is 6.05. The Morgan fingerprint density at radius 3 is 3.06 bits per heavy atom. The summed E-state index contributed by atoms with van der Waals surface area (Å²) in [7, 11) is 0. The highest BCUT2D eigenvalue weighted by Crippen LogP contribution is 2.36. The molecule has 4 nitrogen and oxygen atoms in total. The molecular weight excluding hydrogens is 238 g/mol. The Labute approximate surface area is 106 Å². The van der Waals surface area contributed by atoms with Gasteiger partial charge >= 0.3 is 0 Å². The van der Waals surface area contributed by atoms with Crippen molar-refractivity contribution < 1.29 is 4.79 Å². The lowest BCUT2D eigenvalue weighted by Crippen LogP contribution is -2.36. The number of fused-ring (bicyclic) bond motifs is 1. The molecule has 0 saturated heterocycles. The van der Waals surface area contributed by atoms with Crippen LogP contribution in [-0.4, -0.2) is 25.5 Å². The number of benzene rings is 1. The number of hydrogen-bond donors (Lipinski definition) is 2. The standard InChI is InChI=1S/C12H16ClN3O/c1-8-5-9(13)12-10(6-8)15-3-2-4-16(12)11(17)7-14/h5-6,15H,2-4,7,14H2,1H3. The first kappa shape index (κ1) is 12.2. The minimum Gasteiger partial charge on any atom is -0.383 e. The van der Waals surface area contributed by atoms with Gasteiger partial charge in [0.05, 0.1) is 22.9 Å². The van der Waals surface area contributed by atoms with Gasteiger partial charge in [-0.2, -0.15) is 0 Å². The maximum Gasteiger partial charge on any atom is 0.240 e. The Bertz CT molecular complexity index is 448. The number of carbonyl (C=O) groups excluding carboxylic acids is 1. The molecule has 0 aromatic heterocycles. The lowest BCUT2D eigenvalue weighted by Gasteiger charge is -2.23. The van der Waals surface area contributed by atoms with Gasteiger partial charge in [0, 0.05) is 13.1 Å². The van der Waals surface area contributed by atoms with Crippen molar-refractivity contribution in [2.45, 2.75) is 13.3 Å². The lowest BCUT2D eigenvalue weighted by atomic mass is 10.1. The number of aryl methyl sites for hydroxylation is 1. The van der Waals surface area contributed by atoms with E-state index in [1.54, 1.807) is 4.90 Å². The molecule has 92 valence electrons. The zero-order chi connectivity index (χ0) is 12.4. The number of anilines is 2. The number of rotatable bonds is 1. The first-order valence-electron chi connectivity index (χ1n) is 5.68. The van der Waals surface area contributed by atoms with Gasteiger partial charge in [0.15, 0.2) is 0 Å². The number of carbonyl (C=O) groups is 1. The van der Waals surface area contributed by atoms with Crippen LogP contribution < -0.4 is 16.0 Å². The van der Waals surface area contributed by atoms with Crippen molar-refractivity contribution in [2.75, 3.05) is 29.9 Å². The number of halogens is 1. The predicted octanol–water partition coefficient (Wildman–Crippen LogP) is 1.76. The largest absolute Gasteiger partial charge is 0.383 e.